The lowest BCUT2D eigenvalue weighted by atomic mass is 9.86. The van der Waals surface area contributed by atoms with Crippen molar-refractivity contribution in [2.24, 2.45) is 5.92 Å². The first-order valence-electron chi connectivity index (χ1n) is 11.4. The number of ketones is 1. The predicted octanol–water partition coefficient (Wildman–Crippen LogP) is 5.52. The third kappa shape index (κ3) is 6.04. The van der Waals surface area contributed by atoms with Crippen molar-refractivity contribution in [2.75, 3.05) is 7.11 Å². The van der Waals surface area contributed by atoms with Gasteiger partial charge in [-0.05, 0) is 43.5 Å². The molecule has 3 atom stereocenters. The topological polar surface area (TPSA) is 85.7 Å². The number of esters is 1. The lowest BCUT2D eigenvalue weighted by Gasteiger charge is -2.27. The zero-order chi connectivity index (χ0) is 25.7. The van der Waals surface area contributed by atoms with Crippen LogP contribution in [-0.2, 0) is 9.53 Å². The smallest absolute Gasteiger partial charge is 0.309 e. The van der Waals surface area contributed by atoms with Crippen LogP contribution in [0.5, 0.6) is 11.5 Å². The zero-order valence-corrected chi connectivity index (χ0v) is 20.5. The summed E-state index contributed by atoms with van der Waals surface area (Å²) in [6, 6.07) is 14.1. The Bertz CT molecular complexity index is 1210. The van der Waals surface area contributed by atoms with Crippen LogP contribution in [0.1, 0.15) is 58.9 Å². The lowest BCUT2D eigenvalue weighted by Crippen LogP contribution is -2.28. The van der Waals surface area contributed by atoms with E-state index < -0.39 is 29.7 Å². The molecule has 0 radical (unpaired) electrons. The largest absolute Gasteiger partial charge is 0.503 e. The van der Waals surface area contributed by atoms with Gasteiger partial charge in [0.05, 0.1) is 13.0 Å². The van der Waals surface area contributed by atoms with E-state index in [9.17, 15) is 19.1 Å². The van der Waals surface area contributed by atoms with Gasteiger partial charge in [-0.1, -0.05) is 48.9 Å². The Labute approximate surface area is 204 Å². The van der Waals surface area contributed by atoms with Gasteiger partial charge in [0, 0.05) is 24.6 Å². The number of halogens is 1. The normalized spacial score (nSPS) is 13.5. The summed E-state index contributed by atoms with van der Waals surface area (Å²) in [6.07, 6.45) is 0.426. The van der Waals surface area contributed by atoms with Gasteiger partial charge < -0.3 is 14.6 Å². The molecule has 0 aliphatic heterocycles. The molecule has 7 heteroatoms. The second kappa shape index (κ2) is 11.1. The van der Waals surface area contributed by atoms with E-state index in [0.717, 1.165) is 16.7 Å². The van der Waals surface area contributed by atoms with E-state index in [1.54, 1.807) is 19.9 Å². The lowest BCUT2D eigenvalue weighted by molar-refractivity contribution is -0.153. The number of methoxy groups -OCH3 is 1. The molecule has 0 aliphatic rings. The molecule has 0 spiro atoms. The second-order valence-corrected chi connectivity index (χ2v) is 8.79. The number of hydrogen-bond acceptors (Lipinski definition) is 6. The van der Waals surface area contributed by atoms with Crippen molar-refractivity contribution < 1.29 is 28.6 Å². The number of carbonyl (C=O) groups is 2. The first kappa shape index (κ1) is 25.9. The molecule has 0 saturated heterocycles. The van der Waals surface area contributed by atoms with Gasteiger partial charge in [0.15, 0.2) is 23.0 Å². The maximum atomic E-state index is 15.0. The molecule has 0 aliphatic carbocycles. The minimum atomic E-state index is -0.807. The molecule has 6 nitrogen and oxygen atoms in total. The molecule has 0 fully saturated rings. The quantitative estimate of drug-likeness (QED) is 0.321. The van der Waals surface area contributed by atoms with Gasteiger partial charge in [-0.3, -0.25) is 9.59 Å². The van der Waals surface area contributed by atoms with Crippen molar-refractivity contribution in [3.8, 4) is 11.5 Å². The molecule has 35 heavy (non-hydrogen) atoms. The molecular formula is C28H30FNO5. The highest BCUT2D eigenvalue weighted by Crippen LogP contribution is 2.33. The van der Waals surface area contributed by atoms with Gasteiger partial charge in [0.1, 0.15) is 11.9 Å². The van der Waals surface area contributed by atoms with Crippen molar-refractivity contribution in [1.29, 1.82) is 0 Å². The van der Waals surface area contributed by atoms with E-state index >= 15 is 0 Å². The Balaban J connectivity index is 1.80. The van der Waals surface area contributed by atoms with E-state index in [1.807, 2.05) is 44.2 Å². The van der Waals surface area contributed by atoms with Crippen LogP contribution in [0.3, 0.4) is 0 Å². The highest BCUT2D eigenvalue weighted by atomic mass is 19.1. The monoisotopic (exact) mass is 479 g/mol. The summed E-state index contributed by atoms with van der Waals surface area (Å²) < 4.78 is 25.7. The molecule has 0 saturated carbocycles. The summed E-state index contributed by atoms with van der Waals surface area (Å²) in [6.45, 7) is 7.05. The van der Waals surface area contributed by atoms with Crippen molar-refractivity contribution in [1.82, 2.24) is 4.98 Å². The Morgan fingerprint density at radius 3 is 2.31 bits per heavy atom. The molecule has 2 aromatic carbocycles. The Morgan fingerprint density at radius 2 is 1.69 bits per heavy atom. The fourth-order valence-electron chi connectivity index (χ4n) is 3.99. The summed E-state index contributed by atoms with van der Waals surface area (Å²) in [5, 5.41) is 10.2. The molecule has 184 valence electrons. The second-order valence-electron chi connectivity index (χ2n) is 8.79. The van der Waals surface area contributed by atoms with Gasteiger partial charge in [-0.2, -0.15) is 0 Å². The molecule has 1 N–H and O–H groups in total. The van der Waals surface area contributed by atoms with Crippen molar-refractivity contribution in [3.63, 3.8) is 0 Å². The van der Waals surface area contributed by atoms with E-state index in [2.05, 4.69) is 4.98 Å². The molecular weight excluding hydrogens is 449 g/mol. The molecule has 0 unspecified atom stereocenters. The number of carbonyl (C=O) groups excluding carboxylic acids is 2. The third-order valence-electron chi connectivity index (χ3n) is 5.96. The van der Waals surface area contributed by atoms with Crippen LogP contribution >= 0.6 is 0 Å². The number of rotatable bonds is 9. The fourth-order valence-corrected chi connectivity index (χ4v) is 3.99. The van der Waals surface area contributed by atoms with Crippen LogP contribution in [0.4, 0.5) is 4.39 Å². The first-order chi connectivity index (χ1) is 16.6. The summed E-state index contributed by atoms with van der Waals surface area (Å²) in [5.41, 5.74) is 2.92. The Morgan fingerprint density at radius 1 is 1.03 bits per heavy atom. The molecule has 1 heterocycles. The number of nitrogens with zero attached hydrogens (tertiary/aromatic N) is 1. The number of pyridine rings is 1. The number of Topliss-reactive ketones (excluding diaryl/α,β-unsaturated/α-hetero) is 1. The van der Waals surface area contributed by atoms with Gasteiger partial charge in [0.2, 0.25) is 0 Å². The van der Waals surface area contributed by atoms with Gasteiger partial charge >= 0.3 is 5.97 Å². The van der Waals surface area contributed by atoms with E-state index in [4.69, 9.17) is 9.47 Å². The molecule has 1 aromatic heterocycles. The van der Waals surface area contributed by atoms with Crippen LogP contribution in [-0.4, -0.2) is 35.1 Å². The van der Waals surface area contributed by atoms with Crippen LogP contribution in [0.25, 0.3) is 0 Å². The number of aryl methyl sites for hydroxylation is 2. The summed E-state index contributed by atoms with van der Waals surface area (Å²) in [4.78, 5) is 29.5. The third-order valence-corrected chi connectivity index (χ3v) is 5.96. The maximum Gasteiger partial charge on any atom is 0.309 e. The SMILES string of the molecule is COc1ccnc(C(=O)C[C@@H](C)C(=O)O[C@@H](C)[C@H](c2ccc(C)cc2)c2ccc(C)cc2F)c1O. The number of aromatic nitrogens is 1. The predicted molar refractivity (Wildman–Crippen MR) is 130 cm³/mol. The summed E-state index contributed by atoms with van der Waals surface area (Å²) in [7, 11) is 1.37. The Hall–Kier alpha value is -3.74. The van der Waals surface area contributed by atoms with Gasteiger partial charge in [0.25, 0.3) is 0 Å². The number of hydrogen-bond donors (Lipinski definition) is 1. The van der Waals surface area contributed by atoms with Crippen molar-refractivity contribution in [3.05, 3.63) is 88.5 Å². The van der Waals surface area contributed by atoms with Gasteiger partial charge in [-0.15, -0.1) is 0 Å². The summed E-state index contributed by atoms with van der Waals surface area (Å²) >= 11 is 0. The molecule has 0 bridgehead atoms. The summed E-state index contributed by atoms with van der Waals surface area (Å²) in [5.74, 6) is -3.08. The van der Waals surface area contributed by atoms with E-state index in [0.29, 0.717) is 5.56 Å². The van der Waals surface area contributed by atoms with E-state index in [1.165, 1.54) is 25.4 Å². The van der Waals surface area contributed by atoms with Crippen LogP contribution in [0.15, 0.2) is 54.7 Å². The molecule has 0 amide bonds. The zero-order valence-electron chi connectivity index (χ0n) is 20.5. The van der Waals surface area contributed by atoms with E-state index in [-0.39, 0.29) is 29.4 Å². The average molecular weight is 480 g/mol. The van der Waals surface area contributed by atoms with Gasteiger partial charge in [-0.25, -0.2) is 9.37 Å². The molecule has 3 aromatic rings. The van der Waals surface area contributed by atoms with Crippen molar-refractivity contribution >= 4 is 11.8 Å². The standard InChI is InChI=1S/C28H30FNO5/c1-16-6-9-20(10-7-16)25(21-11-8-17(2)14-22(21)29)19(4)35-28(33)18(3)15-23(31)26-27(32)24(34-5)12-13-30-26/h6-14,18-19,25,32H,15H2,1-5H3/t18-,19+,25-/m1/s1. The van der Waals surface area contributed by atoms with Crippen LogP contribution in [0, 0.1) is 25.6 Å². The highest BCUT2D eigenvalue weighted by molar-refractivity contribution is 5.99. The highest BCUT2D eigenvalue weighted by Gasteiger charge is 2.30. The van der Waals surface area contributed by atoms with Crippen LogP contribution in [0.2, 0.25) is 0 Å². The maximum absolute atomic E-state index is 15.0. The number of ether oxygens (including phenoxy) is 2. The minimum Gasteiger partial charge on any atom is -0.503 e. The fraction of sp³-hybridized carbons (Fsp3) is 0.321. The Kier molecular flexibility index (Phi) is 8.22. The van der Waals surface area contributed by atoms with Crippen LogP contribution < -0.4 is 4.74 Å². The molecule has 3 rings (SSSR count). The minimum absolute atomic E-state index is 0.119. The number of aromatic hydroxyl groups is 1. The first-order valence-corrected chi connectivity index (χ1v) is 11.4. The number of benzene rings is 2. The average Bonchev–Trinajstić information content (AvgIpc) is 2.81. The van der Waals surface area contributed by atoms with Crippen molar-refractivity contribution in [2.45, 2.75) is 46.1 Å².